The van der Waals surface area contributed by atoms with Gasteiger partial charge in [0.1, 0.15) is 0 Å². The van der Waals surface area contributed by atoms with Crippen LogP contribution < -0.4 is 0 Å². The van der Waals surface area contributed by atoms with E-state index in [0.29, 0.717) is 7.92 Å². The van der Waals surface area contributed by atoms with Crippen LogP contribution in [0.25, 0.3) is 0 Å². The molecule has 48 valence electrons. The van der Waals surface area contributed by atoms with Crippen molar-refractivity contribution >= 4 is 7.92 Å². The molecule has 0 atom stereocenters. The van der Waals surface area contributed by atoms with Crippen molar-refractivity contribution in [2.75, 3.05) is 12.3 Å². The summed E-state index contributed by atoms with van der Waals surface area (Å²) in [4.78, 5) is 0. The summed E-state index contributed by atoms with van der Waals surface area (Å²) in [5.74, 6) is 0. The molecule has 0 nitrogen and oxygen atoms in total. The smallest absolute Gasteiger partial charge is 0.0266 e. The summed E-state index contributed by atoms with van der Waals surface area (Å²) < 4.78 is 0. The fourth-order valence-corrected chi connectivity index (χ4v) is 3.77. The fourth-order valence-electron chi connectivity index (χ4n) is 1.26. The molecule has 0 bridgehead atoms. The summed E-state index contributed by atoms with van der Waals surface area (Å²) in [6.45, 7) is 4.74. The maximum atomic E-state index is 2.37. The Morgan fingerprint density at radius 1 is 1.12 bits per heavy atom. The third kappa shape index (κ3) is 1.45. The first kappa shape index (κ1) is 6.55. The van der Waals surface area contributed by atoms with E-state index in [1.54, 1.807) is 12.3 Å². The predicted molar refractivity (Wildman–Crippen MR) is 41.0 cm³/mol. The van der Waals surface area contributed by atoms with E-state index in [1.165, 1.54) is 12.8 Å². The molecular formula is C7H15P. The minimum atomic E-state index is 0.496. The van der Waals surface area contributed by atoms with Gasteiger partial charge in [0, 0.05) is 0 Å². The van der Waals surface area contributed by atoms with Crippen LogP contribution in [0.4, 0.5) is 0 Å². The average molecular weight is 130 g/mol. The van der Waals surface area contributed by atoms with Gasteiger partial charge < -0.3 is 0 Å². The summed E-state index contributed by atoms with van der Waals surface area (Å²) in [6.07, 6.45) is 6.16. The van der Waals surface area contributed by atoms with Gasteiger partial charge in [-0.1, -0.05) is 13.8 Å². The molecule has 1 fully saturated rings. The normalized spacial score (nSPS) is 22.9. The minimum absolute atomic E-state index is 0.496. The Balaban J connectivity index is 2.24. The largest absolute Gasteiger partial charge is 0.104 e. The van der Waals surface area contributed by atoms with Crippen LogP contribution in [0.1, 0.15) is 26.7 Å². The van der Waals surface area contributed by atoms with E-state index in [0.717, 1.165) is 5.66 Å². The molecule has 0 saturated carbocycles. The highest BCUT2D eigenvalue weighted by Crippen LogP contribution is 2.47. The van der Waals surface area contributed by atoms with Gasteiger partial charge in [-0.15, -0.1) is 7.92 Å². The Morgan fingerprint density at radius 3 is 1.88 bits per heavy atom. The average Bonchev–Trinajstić information content (AvgIpc) is 2.12. The Hall–Kier alpha value is 0.430. The maximum Gasteiger partial charge on any atom is -0.0266 e. The quantitative estimate of drug-likeness (QED) is 0.479. The topological polar surface area (TPSA) is 0 Å². The molecule has 0 radical (unpaired) electrons. The van der Waals surface area contributed by atoms with Crippen LogP contribution in [-0.2, 0) is 0 Å². The molecule has 0 spiro atoms. The van der Waals surface area contributed by atoms with Gasteiger partial charge in [0.05, 0.1) is 0 Å². The molecule has 1 heteroatoms. The second-order valence-electron chi connectivity index (χ2n) is 2.84. The summed E-state index contributed by atoms with van der Waals surface area (Å²) in [6, 6.07) is 0. The second-order valence-corrected chi connectivity index (χ2v) is 5.94. The first-order chi connectivity index (χ1) is 3.80. The molecule has 1 aliphatic heterocycles. The first-order valence-electron chi connectivity index (χ1n) is 3.55. The summed E-state index contributed by atoms with van der Waals surface area (Å²) in [7, 11) is 0.496. The van der Waals surface area contributed by atoms with Crippen LogP contribution in [0.15, 0.2) is 0 Å². The number of rotatable bonds is 1. The van der Waals surface area contributed by atoms with Gasteiger partial charge >= 0.3 is 0 Å². The van der Waals surface area contributed by atoms with Crippen molar-refractivity contribution in [1.82, 2.24) is 0 Å². The van der Waals surface area contributed by atoms with Gasteiger partial charge in [-0.2, -0.15) is 0 Å². The molecule has 1 heterocycles. The van der Waals surface area contributed by atoms with Gasteiger partial charge in [-0.3, -0.25) is 0 Å². The van der Waals surface area contributed by atoms with E-state index >= 15 is 0 Å². The summed E-state index contributed by atoms with van der Waals surface area (Å²) >= 11 is 0. The van der Waals surface area contributed by atoms with Crippen LogP contribution in [0.2, 0.25) is 0 Å². The van der Waals surface area contributed by atoms with Crippen molar-refractivity contribution < 1.29 is 0 Å². The molecule has 8 heavy (non-hydrogen) atoms. The van der Waals surface area contributed by atoms with E-state index < -0.39 is 0 Å². The fraction of sp³-hybridized carbons (Fsp3) is 1.00. The molecule has 0 N–H and O–H groups in total. The maximum absolute atomic E-state index is 2.37. The van der Waals surface area contributed by atoms with Gasteiger partial charge in [-0.05, 0) is 30.8 Å². The van der Waals surface area contributed by atoms with Crippen molar-refractivity contribution in [1.29, 1.82) is 0 Å². The lowest BCUT2D eigenvalue weighted by Gasteiger charge is -2.12. The van der Waals surface area contributed by atoms with Crippen LogP contribution in [0.5, 0.6) is 0 Å². The Labute approximate surface area is 53.4 Å². The Morgan fingerprint density at radius 2 is 1.62 bits per heavy atom. The molecule has 0 aromatic heterocycles. The first-order valence-corrected chi connectivity index (χ1v) is 5.33. The van der Waals surface area contributed by atoms with Crippen molar-refractivity contribution in [3.05, 3.63) is 0 Å². The highest BCUT2D eigenvalue weighted by atomic mass is 31.1. The van der Waals surface area contributed by atoms with Gasteiger partial charge in [0.15, 0.2) is 0 Å². The SMILES string of the molecule is CC(C)P1CCCC1. The highest BCUT2D eigenvalue weighted by Gasteiger charge is 2.16. The van der Waals surface area contributed by atoms with Gasteiger partial charge in [0.25, 0.3) is 0 Å². The second kappa shape index (κ2) is 2.82. The lowest BCUT2D eigenvalue weighted by atomic mass is 10.4. The van der Waals surface area contributed by atoms with Crippen LogP contribution in [0, 0.1) is 0 Å². The van der Waals surface area contributed by atoms with Crippen LogP contribution in [0.3, 0.4) is 0 Å². The van der Waals surface area contributed by atoms with Gasteiger partial charge in [-0.25, -0.2) is 0 Å². The number of hydrogen-bond donors (Lipinski definition) is 0. The molecular weight excluding hydrogens is 115 g/mol. The number of hydrogen-bond acceptors (Lipinski definition) is 0. The lowest BCUT2D eigenvalue weighted by molar-refractivity contribution is 0.949. The zero-order valence-corrected chi connectivity index (χ0v) is 6.75. The molecule has 1 aliphatic rings. The Kier molecular flexibility index (Phi) is 2.31. The zero-order chi connectivity index (χ0) is 5.98. The van der Waals surface area contributed by atoms with E-state index in [9.17, 15) is 0 Å². The molecule has 0 aromatic rings. The summed E-state index contributed by atoms with van der Waals surface area (Å²) in [5, 5.41) is 0. The molecule has 1 rings (SSSR count). The van der Waals surface area contributed by atoms with E-state index in [2.05, 4.69) is 13.8 Å². The van der Waals surface area contributed by atoms with E-state index in [-0.39, 0.29) is 0 Å². The molecule has 0 aromatic carbocycles. The molecule has 0 aliphatic carbocycles. The minimum Gasteiger partial charge on any atom is -0.104 e. The van der Waals surface area contributed by atoms with Crippen molar-refractivity contribution in [3.8, 4) is 0 Å². The predicted octanol–water partition coefficient (Wildman–Crippen LogP) is 2.67. The van der Waals surface area contributed by atoms with Gasteiger partial charge in [0.2, 0.25) is 0 Å². The molecule has 0 unspecified atom stereocenters. The Bertz CT molecular complexity index is 62.8. The van der Waals surface area contributed by atoms with Crippen LogP contribution in [-0.4, -0.2) is 18.0 Å². The monoisotopic (exact) mass is 130 g/mol. The van der Waals surface area contributed by atoms with Crippen molar-refractivity contribution in [2.45, 2.75) is 32.3 Å². The zero-order valence-electron chi connectivity index (χ0n) is 5.85. The van der Waals surface area contributed by atoms with E-state index in [1.807, 2.05) is 0 Å². The molecule has 1 saturated heterocycles. The molecule has 0 amide bonds. The third-order valence-corrected chi connectivity index (χ3v) is 5.11. The third-order valence-electron chi connectivity index (χ3n) is 1.87. The standard InChI is InChI=1S/C7H15P/c1-7(2)8-5-3-4-6-8/h7H,3-6H2,1-2H3. The van der Waals surface area contributed by atoms with Crippen LogP contribution >= 0.6 is 7.92 Å². The van der Waals surface area contributed by atoms with Crippen molar-refractivity contribution in [3.63, 3.8) is 0 Å². The summed E-state index contributed by atoms with van der Waals surface area (Å²) in [5.41, 5.74) is 1.01. The highest BCUT2D eigenvalue weighted by molar-refractivity contribution is 7.58. The van der Waals surface area contributed by atoms with E-state index in [4.69, 9.17) is 0 Å². The van der Waals surface area contributed by atoms with Crippen molar-refractivity contribution in [2.24, 2.45) is 0 Å². The lowest BCUT2D eigenvalue weighted by Crippen LogP contribution is -1.92.